The van der Waals surface area contributed by atoms with Crippen LogP contribution in [0.3, 0.4) is 0 Å². The van der Waals surface area contributed by atoms with Crippen LogP contribution in [0.1, 0.15) is 18.1 Å². The first kappa shape index (κ1) is 10.4. The summed E-state index contributed by atoms with van der Waals surface area (Å²) in [5.74, 6) is -0.423. The van der Waals surface area contributed by atoms with Crippen LogP contribution in [-0.4, -0.2) is 21.2 Å². The molecule has 0 aliphatic carbocycles. The largest absolute Gasteiger partial charge is 0.369 e. The molecule has 0 spiro atoms. The number of fused-ring (bicyclic) bond motifs is 1. The zero-order chi connectivity index (χ0) is 11.7. The fourth-order valence-electron chi connectivity index (χ4n) is 1.60. The van der Waals surface area contributed by atoms with Gasteiger partial charge in [-0.25, -0.2) is 9.55 Å². The van der Waals surface area contributed by atoms with Gasteiger partial charge in [0.15, 0.2) is 0 Å². The summed E-state index contributed by atoms with van der Waals surface area (Å²) in [6.07, 6.45) is -0.162. The second-order valence-corrected chi connectivity index (χ2v) is 3.57. The highest BCUT2D eigenvalue weighted by Gasteiger charge is 2.15. The third-order valence-electron chi connectivity index (χ3n) is 2.24. The summed E-state index contributed by atoms with van der Waals surface area (Å²) in [6.45, 7) is 1.37. The molecule has 2 N–H and O–H groups in total. The van der Waals surface area contributed by atoms with E-state index in [9.17, 15) is 9.59 Å². The van der Waals surface area contributed by atoms with Gasteiger partial charge in [-0.1, -0.05) is 12.1 Å². The van der Waals surface area contributed by atoms with Crippen LogP contribution in [-0.2, 0) is 4.79 Å². The van der Waals surface area contributed by atoms with Crippen molar-refractivity contribution in [3.8, 4) is 0 Å². The molecule has 0 aliphatic rings. The number of aromatic nitrogens is 2. The van der Waals surface area contributed by atoms with Gasteiger partial charge < -0.3 is 5.73 Å². The lowest BCUT2D eigenvalue weighted by molar-refractivity contribution is -0.116. The molecule has 2 rings (SSSR count). The van der Waals surface area contributed by atoms with E-state index in [0.717, 1.165) is 0 Å². The summed E-state index contributed by atoms with van der Waals surface area (Å²) in [5.41, 5.74) is 6.93. The molecule has 5 nitrogen and oxygen atoms in total. The SMILES string of the molecule is CC(=O)CC(=O)n1c(N)nc2ccccc21. The van der Waals surface area contributed by atoms with Gasteiger partial charge in [0.05, 0.1) is 17.5 Å². The molecule has 0 fully saturated rings. The van der Waals surface area contributed by atoms with E-state index in [1.54, 1.807) is 18.2 Å². The number of benzene rings is 1. The molecule has 1 aromatic carbocycles. The molecule has 0 atom stereocenters. The van der Waals surface area contributed by atoms with E-state index in [0.29, 0.717) is 11.0 Å². The number of imidazole rings is 1. The molecular formula is C11H11N3O2. The number of nitrogens with zero attached hydrogens (tertiary/aromatic N) is 2. The number of rotatable bonds is 2. The number of hydrogen-bond acceptors (Lipinski definition) is 4. The lowest BCUT2D eigenvalue weighted by atomic mass is 10.3. The monoisotopic (exact) mass is 217 g/mol. The summed E-state index contributed by atoms with van der Waals surface area (Å²) in [7, 11) is 0. The van der Waals surface area contributed by atoms with E-state index < -0.39 is 0 Å². The van der Waals surface area contributed by atoms with Crippen LogP contribution in [0.2, 0.25) is 0 Å². The zero-order valence-corrected chi connectivity index (χ0v) is 8.80. The minimum Gasteiger partial charge on any atom is -0.369 e. The van der Waals surface area contributed by atoms with Gasteiger partial charge in [0.25, 0.3) is 0 Å². The number of nitrogen functional groups attached to an aromatic ring is 1. The first-order valence-corrected chi connectivity index (χ1v) is 4.85. The van der Waals surface area contributed by atoms with Crippen molar-refractivity contribution in [1.29, 1.82) is 0 Å². The van der Waals surface area contributed by atoms with Crippen LogP contribution in [0, 0.1) is 0 Å². The van der Waals surface area contributed by atoms with Crippen molar-refractivity contribution in [2.75, 3.05) is 5.73 Å². The molecule has 0 saturated heterocycles. The first-order valence-electron chi connectivity index (χ1n) is 4.85. The second-order valence-electron chi connectivity index (χ2n) is 3.57. The zero-order valence-electron chi connectivity index (χ0n) is 8.80. The third kappa shape index (κ3) is 1.67. The first-order chi connectivity index (χ1) is 7.59. The number of ketones is 1. The van der Waals surface area contributed by atoms with Crippen LogP contribution in [0.15, 0.2) is 24.3 Å². The molecule has 0 amide bonds. The molecule has 16 heavy (non-hydrogen) atoms. The summed E-state index contributed by atoms with van der Waals surface area (Å²) in [4.78, 5) is 26.7. The summed E-state index contributed by atoms with van der Waals surface area (Å²) >= 11 is 0. The van der Waals surface area contributed by atoms with Crippen molar-refractivity contribution in [1.82, 2.24) is 9.55 Å². The standard InChI is InChI=1S/C11H11N3O2/c1-7(15)6-10(16)14-9-5-3-2-4-8(9)13-11(14)12/h2-5H,6H2,1H3,(H2,12,13). The highest BCUT2D eigenvalue weighted by atomic mass is 16.2. The quantitative estimate of drug-likeness (QED) is 0.767. The molecule has 82 valence electrons. The smallest absolute Gasteiger partial charge is 0.241 e. The molecule has 0 unspecified atom stereocenters. The van der Waals surface area contributed by atoms with Crippen molar-refractivity contribution in [2.24, 2.45) is 0 Å². The Kier molecular flexibility index (Phi) is 2.44. The maximum Gasteiger partial charge on any atom is 0.241 e. The van der Waals surface area contributed by atoms with E-state index in [-0.39, 0.29) is 24.1 Å². The van der Waals surface area contributed by atoms with E-state index in [2.05, 4.69) is 4.98 Å². The number of anilines is 1. The fourth-order valence-corrected chi connectivity index (χ4v) is 1.60. The summed E-state index contributed by atoms with van der Waals surface area (Å²) < 4.78 is 1.27. The van der Waals surface area contributed by atoms with Crippen LogP contribution in [0.25, 0.3) is 11.0 Å². The molecule has 2 aromatic rings. The Labute approximate surface area is 91.9 Å². The van der Waals surface area contributed by atoms with Gasteiger partial charge in [-0.2, -0.15) is 0 Å². The van der Waals surface area contributed by atoms with Gasteiger partial charge in [-0.15, -0.1) is 0 Å². The number of nitrogens with two attached hydrogens (primary N) is 1. The number of carbonyl (C=O) groups excluding carboxylic acids is 2. The maximum absolute atomic E-state index is 11.8. The summed E-state index contributed by atoms with van der Waals surface area (Å²) in [6, 6.07) is 7.12. The molecule has 1 aromatic heterocycles. The Bertz CT molecular complexity index is 572. The van der Waals surface area contributed by atoms with Gasteiger partial charge in [0, 0.05) is 0 Å². The van der Waals surface area contributed by atoms with Gasteiger partial charge in [-0.05, 0) is 19.1 Å². The Morgan fingerprint density at radius 1 is 1.38 bits per heavy atom. The minimum atomic E-state index is -0.348. The van der Waals surface area contributed by atoms with Crippen LogP contribution < -0.4 is 5.73 Å². The van der Waals surface area contributed by atoms with E-state index in [1.807, 2.05) is 6.07 Å². The average molecular weight is 217 g/mol. The Morgan fingerprint density at radius 2 is 2.06 bits per heavy atom. The fraction of sp³-hybridized carbons (Fsp3) is 0.182. The van der Waals surface area contributed by atoms with Gasteiger partial charge >= 0.3 is 0 Å². The predicted octanol–water partition coefficient (Wildman–Crippen LogP) is 1.24. The molecule has 5 heteroatoms. The average Bonchev–Trinajstić information content (AvgIpc) is 2.52. The van der Waals surface area contributed by atoms with Gasteiger partial charge in [-0.3, -0.25) is 9.59 Å². The normalized spacial score (nSPS) is 10.6. The topological polar surface area (TPSA) is 78.0 Å². The van der Waals surface area contributed by atoms with Crippen molar-refractivity contribution in [2.45, 2.75) is 13.3 Å². The van der Waals surface area contributed by atoms with Crippen molar-refractivity contribution in [3.05, 3.63) is 24.3 Å². The Morgan fingerprint density at radius 3 is 2.75 bits per heavy atom. The predicted molar refractivity (Wildman–Crippen MR) is 60.1 cm³/mol. The molecule has 0 saturated carbocycles. The van der Waals surface area contributed by atoms with E-state index in [1.165, 1.54) is 11.5 Å². The van der Waals surface area contributed by atoms with Crippen molar-refractivity contribution in [3.63, 3.8) is 0 Å². The van der Waals surface area contributed by atoms with Crippen LogP contribution in [0.4, 0.5) is 5.95 Å². The molecule has 0 aliphatic heterocycles. The number of para-hydroxylation sites is 2. The molecule has 1 heterocycles. The van der Waals surface area contributed by atoms with Crippen LogP contribution >= 0.6 is 0 Å². The number of hydrogen-bond donors (Lipinski definition) is 1. The highest BCUT2D eigenvalue weighted by Crippen LogP contribution is 2.17. The number of carbonyl (C=O) groups is 2. The van der Waals surface area contributed by atoms with Gasteiger partial charge in [0.2, 0.25) is 11.9 Å². The minimum absolute atomic E-state index is 0.118. The van der Waals surface area contributed by atoms with Crippen LogP contribution in [0.5, 0.6) is 0 Å². The molecular weight excluding hydrogens is 206 g/mol. The third-order valence-corrected chi connectivity index (χ3v) is 2.24. The Balaban J connectivity index is 2.55. The second kappa shape index (κ2) is 3.77. The maximum atomic E-state index is 11.8. The highest BCUT2D eigenvalue weighted by molar-refractivity contribution is 6.02. The van der Waals surface area contributed by atoms with Crippen molar-refractivity contribution < 1.29 is 9.59 Å². The lowest BCUT2D eigenvalue weighted by Crippen LogP contribution is -2.16. The van der Waals surface area contributed by atoms with E-state index in [4.69, 9.17) is 5.73 Å². The summed E-state index contributed by atoms with van der Waals surface area (Å²) in [5, 5.41) is 0. The number of Topliss-reactive ketones (excluding diaryl/α,β-unsaturated/α-hetero) is 1. The Hall–Kier alpha value is -2.17. The van der Waals surface area contributed by atoms with Gasteiger partial charge in [0.1, 0.15) is 5.78 Å². The van der Waals surface area contributed by atoms with E-state index >= 15 is 0 Å². The molecule has 0 radical (unpaired) electrons. The van der Waals surface area contributed by atoms with Crippen molar-refractivity contribution >= 4 is 28.7 Å². The molecule has 0 bridgehead atoms. The lowest BCUT2D eigenvalue weighted by Gasteiger charge is -2.02.